The third kappa shape index (κ3) is 3.00. The Kier molecular flexibility index (Phi) is 4.42. The van der Waals surface area contributed by atoms with Crippen LogP contribution < -0.4 is 0 Å². The lowest BCUT2D eigenvalue weighted by atomic mass is 9.97. The summed E-state index contributed by atoms with van der Waals surface area (Å²) in [5.41, 5.74) is 2.74. The van der Waals surface area contributed by atoms with Gasteiger partial charge in [0.1, 0.15) is 0 Å². The summed E-state index contributed by atoms with van der Waals surface area (Å²) in [4.78, 5) is 25.7. The third-order valence-corrected chi connectivity index (χ3v) is 3.92. The van der Waals surface area contributed by atoms with Gasteiger partial charge in [-0.2, -0.15) is 5.10 Å². The number of hydrogen-bond acceptors (Lipinski definition) is 4. The number of hydrogen-bond donors (Lipinski definition) is 1. The van der Waals surface area contributed by atoms with Gasteiger partial charge in [0.2, 0.25) is 5.91 Å². The molecule has 1 atom stereocenters. The van der Waals surface area contributed by atoms with Crippen molar-refractivity contribution in [2.24, 2.45) is 5.92 Å². The molecule has 6 heteroatoms. The predicted molar refractivity (Wildman–Crippen MR) is 73.1 cm³/mol. The van der Waals surface area contributed by atoms with Crippen LogP contribution in [0.4, 0.5) is 0 Å². The van der Waals surface area contributed by atoms with E-state index in [1.54, 1.807) is 4.90 Å². The monoisotopic (exact) mass is 279 g/mol. The van der Waals surface area contributed by atoms with Crippen LogP contribution in [0.15, 0.2) is 0 Å². The number of aryl methyl sites for hydroxylation is 2. The van der Waals surface area contributed by atoms with E-state index in [9.17, 15) is 9.59 Å². The molecule has 0 aromatic carbocycles. The molecule has 0 radical (unpaired) electrons. The summed E-state index contributed by atoms with van der Waals surface area (Å²) in [5, 5.41) is 6.99. The van der Waals surface area contributed by atoms with Gasteiger partial charge in [-0.15, -0.1) is 0 Å². The molecule has 1 aliphatic rings. The molecule has 1 aromatic rings. The van der Waals surface area contributed by atoms with Crippen LogP contribution in [-0.4, -0.2) is 47.2 Å². The van der Waals surface area contributed by atoms with Gasteiger partial charge >= 0.3 is 5.97 Å². The molecule has 1 N–H and O–H groups in total. The van der Waals surface area contributed by atoms with Crippen LogP contribution in [0.3, 0.4) is 0 Å². The number of carbonyl (C=O) groups is 2. The number of carbonyl (C=O) groups excluding carboxylic acids is 2. The summed E-state index contributed by atoms with van der Waals surface area (Å²) >= 11 is 0. The molecular formula is C14H21N3O3. The number of amides is 1. The van der Waals surface area contributed by atoms with Crippen LogP contribution in [0, 0.1) is 19.8 Å². The highest BCUT2D eigenvalue weighted by molar-refractivity contribution is 5.80. The van der Waals surface area contributed by atoms with Gasteiger partial charge < -0.3 is 9.64 Å². The molecule has 1 fully saturated rings. The molecule has 110 valence electrons. The molecule has 1 saturated heterocycles. The summed E-state index contributed by atoms with van der Waals surface area (Å²) in [6.45, 7) is 4.97. The van der Waals surface area contributed by atoms with Crippen molar-refractivity contribution in [3.63, 3.8) is 0 Å². The lowest BCUT2D eigenvalue weighted by molar-refractivity contribution is -0.148. The van der Waals surface area contributed by atoms with Crippen molar-refractivity contribution in [2.75, 3.05) is 20.2 Å². The average molecular weight is 279 g/mol. The van der Waals surface area contributed by atoms with Crippen LogP contribution in [0.25, 0.3) is 0 Å². The summed E-state index contributed by atoms with van der Waals surface area (Å²) in [5.74, 6) is -0.367. The molecule has 0 aliphatic carbocycles. The second kappa shape index (κ2) is 6.07. The molecule has 0 spiro atoms. The maximum Gasteiger partial charge on any atom is 0.310 e. The summed E-state index contributed by atoms with van der Waals surface area (Å²) in [6.07, 6.45) is 1.97. The molecule has 2 heterocycles. The van der Waals surface area contributed by atoms with E-state index < -0.39 is 0 Å². The topological polar surface area (TPSA) is 75.3 Å². The van der Waals surface area contributed by atoms with E-state index in [0.29, 0.717) is 19.5 Å². The van der Waals surface area contributed by atoms with Crippen LogP contribution in [0.1, 0.15) is 29.8 Å². The Morgan fingerprint density at radius 3 is 2.80 bits per heavy atom. The zero-order valence-electron chi connectivity index (χ0n) is 12.2. The van der Waals surface area contributed by atoms with E-state index in [1.807, 2.05) is 13.8 Å². The summed E-state index contributed by atoms with van der Waals surface area (Å²) in [6, 6.07) is 0. The molecular weight excluding hydrogens is 258 g/mol. The summed E-state index contributed by atoms with van der Waals surface area (Å²) in [7, 11) is 1.39. The molecule has 2 rings (SSSR count). The minimum atomic E-state index is -0.224. The summed E-state index contributed by atoms with van der Waals surface area (Å²) < 4.78 is 4.77. The predicted octanol–water partition coefficient (Wildman–Crippen LogP) is 0.981. The highest BCUT2D eigenvalue weighted by Gasteiger charge is 2.29. The number of esters is 1. The number of likely N-dealkylation sites (tertiary alicyclic amines) is 1. The largest absolute Gasteiger partial charge is 0.469 e. The van der Waals surface area contributed by atoms with Crippen LogP contribution in [-0.2, 0) is 20.7 Å². The second-order valence-electron chi connectivity index (χ2n) is 5.29. The zero-order chi connectivity index (χ0) is 14.7. The molecule has 1 unspecified atom stereocenters. The van der Waals surface area contributed by atoms with Gasteiger partial charge in [-0.25, -0.2) is 0 Å². The van der Waals surface area contributed by atoms with Gasteiger partial charge in [0.15, 0.2) is 0 Å². The van der Waals surface area contributed by atoms with Gasteiger partial charge in [-0.3, -0.25) is 14.7 Å². The first-order valence-corrected chi connectivity index (χ1v) is 6.89. The lowest BCUT2D eigenvalue weighted by Crippen LogP contribution is -2.43. The van der Waals surface area contributed by atoms with Gasteiger partial charge in [-0.05, 0) is 26.7 Å². The lowest BCUT2D eigenvalue weighted by Gasteiger charge is -2.31. The van der Waals surface area contributed by atoms with Crippen molar-refractivity contribution < 1.29 is 14.3 Å². The Bertz CT molecular complexity index is 490. The first-order chi connectivity index (χ1) is 9.52. The molecule has 6 nitrogen and oxygen atoms in total. The van der Waals surface area contributed by atoms with Gasteiger partial charge in [-0.1, -0.05) is 0 Å². The van der Waals surface area contributed by atoms with Gasteiger partial charge in [0.25, 0.3) is 0 Å². The Hall–Kier alpha value is -1.85. The minimum Gasteiger partial charge on any atom is -0.469 e. The molecule has 20 heavy (non-hydrogen) atoms. The van der Waals surface area contributed by atoms with E-state index >= 15 is 0 Å². The fourth-order valence-corrected chi connectivity index (χ4v) is 2.66. The number of nitrogens with zero attached hydrogens (tertiary/aromatic N) is 2. The zero-order valence-corrected chi connectivity index (χ0v) is 12.2. The smallest absolute Gasteiger partial charge is 0.310 e. The Balaban J connectivity index is 2.00. The van der Waals surface area contributed by atoms with Crippen molar-refractivity contribution in [3.8, 4) is 0 Å². The molecule has 1 aliphatic heterocycles. The van der Waals surface area contributed by atoms with Crippen molar-refractivity contribution in [1.82, 2.24) is 15.1 Å². The molecule has 0 saturated carbocycles. The fourth-order valence-electron chi connectivity index (χ4n) is 2.66. The number of piperidine rings is 1. The maximum absolute atomic E-state index is 12.4. The first-order valence-electron chi connectivity index (χ1n) is 6.89. The Labute approximate surface area is 118 Å². The normalized spacial score (nSPS) is 18.9. The third-order valence-electron chi connectivity index (χ3n) is 3.92. The van der Waals surface area contributed by atoms with Crippen molar-refractivity contribution in [3.05, 3.63) is 17.0 Å². The van der Waals surface area contributed by atoms with Gasteiger partial charge in [0.05, 0.1) is 25.1 Å². The quantitative estimate of drug-likeness (QED) is 0.837. The van der Waals surface area contributed by atoms with Gasteiger partial charge in [0, 0.05) is 24.3 Å². The minimum absolute atomic E-state index is 0.0474. The Morgan fingerprint density at radius 1 is 1.45 bits per heavy atom. The number of aromatic amines is 1. The average Bonchev–Trinajstić information content (AvgIpc) is 2.78. The number of methoxy groups -OCH3 is 1. The molecule has 0 bridgehead atoms. The highest BCUT2D eigenvalue weighted by Crippen LogP contribution is 2.19. The van der Waals surface area contributed by atoms with Crippen molar-refractivity contribution >= 4 is 11.9 Å². The van der Waals surface area contributed by atoms with E-state index in [1.165, 1.54) is 7.11 Å². The Morgan fingerprint density at radius 2 is 2.20 bits per heavy atom. The van der Waals surface area contributed by atoms with Crippen LogP contribution >= 0.6 is 0 Å². The van der Waals surface area contributed by atoms with Crippen molar-refractivity contribution in [2.45, 2.75) is 33.1 Å². The number of aromatic nitrogens is 2. The van der Waals surface area contributed by atoms with E-state index in [0.717, 1.165) is 29.8 Å². The first kappa shape index (κ1) is 14.6. The highest BCUT2D eigenvalue weighted by atomic mass is 16.5. The standard InChI is InChI=1S/C14H21N3O3/c1-9-12(10(2)16-15-9)7-13(18)17-6-4-5-11(8-17)14(19)20-3/h11H,4-8H2,1-3H3,(H,15,16). The molecule has 1 amide bonds. The molecule has 1 aromatic heterocycles. The SMILES string of the molecule is COC(=O)C1CCCN(C(=O)Cc2c(C)n[nH]c2C)C1. The number of H-pyrrole nitrogens is 1. The van der Waals surface area contributed by atoms with Crippen molar-refractivity contribution in [1.29, 1.82) is 0 Å². The van der Waals surface area contributed by atoms with E-state index in [2.05, 4.69) is 10.2 Å². The van der Waals surface area contributed by atoms with E-state index in [4.69, 9.17) is 4.74 Å². The van der Waals surface area contributed by atoms with Crippen LogP contribution in [0.5, 0.6) is 0 Å². The van der Waals surface area contributed by atoms with Crippen LogP contribution in [0.2, 0.25) is 0 Å². The number of nitrogens with one attached hydrogen (secondary N) is 1. The number of rotatable bonds is 3. The second-order valence-corrected chi connectivity index (χ2v) is 5.29. The fraction of sp³-hybridized carbons (Fsp3) is 0.643. The maximum atomic E-state index is 12.4. The number of ether oxygens (including phenoxy) is 1. The van der Waals surface area contributed by atoms with E-state index in [-0.39, 0.29) is 17.8 Å².